The largest absolute Gasteiger partial charge is 0.478 e. The SMILES string of the molecule is Nc1cnc(N2CCCC(CCO)C2)cc1C(=O)O. The Morgan fingerprint density at radius 2 is 2.37 bits per heavy atom. The summed E-state index contributed by atoms with van der Waals surface area (Å²) in [5.41, 5.74) is 5.87. The molecule has 0 aliphatic carbocycles. The third-order valence-corrected chi connectivity index (χ3v) is 3.53. The number of pyridine rings is 1. The van der Waals surface area contributed by atoms with Gasteiger partial charge in [-0.2, -0.15) is 0 Å². The highest BCUT2D eigenvalue weighted by atomic mass is 16.4. The highest BCUT2D eigenvalue weighted by Crippen LogP contribution is 2.25. The first-order chi connectivity index (χ1) is 9.11. The number of piperidine rings is 1. The van der Waals surface area contributed by atoms with E-state index in [-0.39, 0.29) is 17.9 Å². The van der Waals surface area contributed by atoms with Gasteiger partial charge in [0, 0.05) is 19.7 Å². The lowest BCUT2D eigenvalue weighted by Crippen LogP contribution is -2.36. The van der Waals surface area contributed by atoms with Crippen LogP contribution in [-0.2, 0) is 0 Å². The standard InChI is InChI=1S/C13H19N3O3/c14-11-7-15-12(6-10(11)13(18)19)16-4-1-2-9(8-16)3-5-17/h6-7,9,17H,1-5,8,14H2,(H,18,19). The van der Waals surface area contributed by atoms with Crippen LogP contribution in [0.25, 0.3) is 0 Å². The Morgan fingerprint density at radius 1 is 1.58 bits per heavy atom. The summed E-state index contributed by atoms with van der Waals surface area (Å²) in [6, 6.07) is 1.53. The number of carboxylic acid groups (broad SMARTS) is 1. The number of aromatic nitrogens is 1. The van der Waals surface area contributed by atoms with Crippen LogP contribution in [0.4, 0.5) is 11.5 Å². The number of anilines is 2. The molecule has 0 aromatic carbocycles. The number of hydrogen-bond donors (Lipinski definition) is 3. The van der Waals surface area contributed by atoms with Gasteiger partial charge in [0.25, 0.3) is 0 Å². The first-order valence-corrected chi connectivity index (χ1v) is 6.46. The number of nitrogens with zero attached hydrogens (tertiary/aromatic N) is 2. The van der Waals surface area contributed by atoms with Crippen LogP contribution in [0.5, 0.6) is 0 Å². The van der Waals surface area contributed by atoms with E-state index in [4.69, 9.17) is 15.9 Å². The molecule has 1 aliphatic rings. The molecule has 19 heavy (non-hydrogen) atoms. The minimum absolute atomic E-state index is 0.0919. The minimum Gasteiger partial charge on any atom is -0.478 e. The molecule has 1 atom stereocenters. The van der Waals surface area contributed by atoms with Crippen molar-refractivity contribution in [3.05, 3.63) is 17.8 Å². The molecule has 1 aromatic rings. The number of aliphatic hydroxyl groups excluding tert-OH is 1. The molecular formula is C13H19N3O3. The van der Waals surface area contributed by atoms with Gasteiger partial charge in [-0.05, 0) is 31.2 Å². The minimum atomic E-state index is -1.04. The summed E-state index contributed by atoms with van der Waals surface area (Å²) < 4.78 is 0. The number of carboxylic acids is 1. The fourth-order valence-corrected chi connectivity index (χ4v) is 2.50. The van der Waals surface area contributed by atoms with Crippen molar-refractivity contribution in [2.24, 2.45) is 5.92 Å². The Balaban J connectivity index is 2.17. The Bertz CT molecular complexity index is 462. The maximum atomic E-state index is 11.1. The number of aromatic carboxylic acids is 1. The van der Waals surface area contributed by atoms with E-state index in [0.29, 0.717) is 11.7 Å². The first kappa shape index (κ1) is 13.6. The maximum Gasteiger partial charge on any atom is 0.337 e. The number of hydrogen-bond acceptors (Lipinski definition) is 5. The molecule has 4 N–H and O–H groups in total. The zero-order valence-electron chi connectivity index (χ0n) is 10.7. The molecule has 0 bridgehead atoms. The molecule has 0 saturated carbocycles. The molecule has 0 radical (unpaired) electrons. The third kappa shape index (κ3) is 3.14. The number of carbonyl (C=O) groups is 1. The van der Waals surface area contributed by atoms with Crippen molar-refractivity contribution in [2.75, 3.05) is 30.3 Å². The molecule has 104 valence electrons. The van der Waals surface area contributed by atoms with Gasteiger partial charge in [-0.25, -0.2) is 9.78 Å². The predicted molar refractivity (Wildman–Crippen MR) is 72.2 cm³/mol. The summed E-state index contributed by atoms with van der Waals surface area (Å²) in [7, 11) is 0. The summed E-state index contributed by atoms with van der Waals surface area (Å²) >= 11 is 0. The van der Waals surface area contributed by atoms with Crippen molar-refractivity contribution >= 4 is 17.5 Å². The lowest BCUT2D eigenvalue weighted by Gasteiger charge is -2.33. The molecule has 1 unspecified atom stereocenters. The van der Waals surface area contributed by atoms with E-state index in [1.54, 1.807) is 0 Å². The van der Waals surface area contributed by atoms with Crippen LogP contribution >= 0.6 is 0 Å². The smallest absolute Gasteiger partial charge is 0.337 e. The van der Waals surface area contributed by atoms with Crippen LogP contribution in [-0.4, -0.2) is 40.9 Å². The highest BCUT2D eigenvalue weighted by molar-refractivity contribution is 5.94. The van der Waals surface area contributed by atoms with Crippen molar-refractivity contribution in [1.29, 1.82) is 0 Å². The fraction of sp³-hybridized carbons (Fsp3) is 0.538. The first-order valence-electron chi connectivity index (χ1n) is 6.46. The van der Waals surface area contributed by atoms with Crippen molar-refractivity contribution in [1.82, 2.24) is 4.98 Å². The molecule has 0 amide bonds. The second-order valence-corrected chi connectivity index (χ2v) is 4.90. The van der Waals surface area contributed by atoms with Crippen LogP contribution < -0.4 is 10.6 Å². The Labute approximate surface area is 111 Å². The van der Waals surface area contributed by atoms with Crippen molar-refractivity contribution in [3.8, 4) is 0 Å². The summed E-state index contributed by atoms with van der Waals surface area (Å²) in [5.74, 6) is 0.0469. The van der Waals surface area contributed by atoms with Crippen LogP contribution in [0.15, 0.2) is 12.3 Å². The second-order valence-electron chi connectivity index (χ2n) is 4.90. The van der Waals surface area contributed by atoms with Gasteiger partial charge in [-0.15, -0.1) is 0 Å². The number of rotatable bonds is 4. The summed E-state index contributed by atoms with van der Waals surface area (Å²) in [4.78, 5) is 17.3. The lowest BCUT2D eigenvalue weighted by atomic mass is 9.95. The van der Waals surface area contributed by atoms with Gasteiger partial charge in [0.05, 0.1) is 17.4 Å². The molecule has 1 fully saturated rings. The molecule has 0 spiro atoms. The number of aliphatic hydroxyl groups is 1. The van der Waals surface area contributed by atoms with Crippen molar-refractivity contribution < 1.29 is 15.0 Å². The van der Waals surface area contributed by atoms with E-state index in [2.05, 4.69) is 9.88 Å². The lowest BCUT2D eigenvalue weighted by molar-refractivity contribution is 0.0698. The van der Waals surface area contributed by atoms with E-state index >= 15 is 0 Å². The van der Waals surface area contributed by atoms with Gasteiger partial charge < -0.3 is 20.8 Å². The van der Waals surface area contributed by atoms with Gasteiger partial charge in [0.2, 0.25) is 0 Å². The van der Waals surface area contributed by atoms with Gasteiger partial charge >= 0.3 is 5.97 Å². The summed E-state index contributed by atoms with van der Waals surface area (Å²) in [6.45, 7) is 1.85. The molecule has 1 aromatic heterocycles. The molecule has 6 heteroatoms. The van der Waals surface area contributed by atoms with E-state index in [9.17, 15) is 4.79 Å². The Morgan fingerprint density at radius 3 is 3.05 bits per heavy atom. The van der Waals surface area contributed by atoms with Crippen LogP contribution in [0.3, 0.4) is 0 Å². The summed E-state index contributed by atoms with van der Waals surface area (Å²) in [6.07, 6.45) is 4.29. The Kier molecular flexibility index (Phi) is 4.21. The van der Waals surface area contributed by atoms with E-state index < -0.39 is 5.97 Å². The van der Waals surface area contributed by atoms with Gasteiger partial charge in [-0.1, -0.05) is 0 Å². The molecular weight excluding hydrogens is 246 g/mol. The van der Waals surface area contributed by atoms with Gasteiger partial charge in [0.1, 0.15) is 5.82 Å². The predicted octanol–water partition coefficient (Wildman–Crippen LogP) is 0.961. The van der Waals surface area contributed by atoms with E-state index in [0.717, 1.165) is 32.4 Å². The highest BCUT2D eigenvalue weighted by Gasteiger charge is 2.21. The second kappa shape index (κ2) is 5.88. The van der Waals surface area contributed by atoms with Crippen LogP contribution in [0, 0.1) is 5.92 Å². The normalized spacial score (nSPS) is 19.4. The van der Waals surface area contributed by atoms with Crippen LogP contribution in [0.2, 0.25) is 0 Å². The average molecular weight is 265 g/mol. The monoisotopic (exact) mass is 265 g/mol. The van der Waals surface area contributed by atoms with Gasteiger partial charge in [-0.3, -0.25) is 0 Å². The third-order valence-electron chi connectivity index (χ3n) is 3.53. The number of nitrogens with two attached hydrogens (primary N) is 1. The molecule has 2 heterocycles. The van der Waals surface area contributed by atoms with Crippen LogP contribution in [0.1, 0.15) is 29.6 Å². The fourth-order valence-electron chi connectivity index (χ4n) is 2.50. The zero-order valence-corrected chi connectivity index (χ0v) is 10.7. The van der Waals surface area contributed by atoms with Crippen molar-refractivity contribution in [2.45, 2.75) is 19.3 Å². The van der Waals surface area contributed by atoms with E-state index in [1.807, 2.05) is 0 Å². The maximum absolute atomic E-state index is 11.1. The Hall–Kier alpha value is -1.82. The number of nitrogen functional groups attached to an aromatic ring is 1. The van der Waals surface area contributed by atoms with Gasteiger partial charge in [0.15, 0.2) is 0 Å². The zero-order chi connectivity index (χ0) is 13.8. The molecule has 6 nitrogen and oxygen atoms in total. The molecule has 2 rings (SSSR count). The van der Waals surface area contributed by atoms with E-state index in [1.165, 1.54) is 12.3 Å². The average Bonchev–Trinajstić information content (AvgIpc) is 2.39. The van der Waals surface area contributed by atoms with Crippen molar-refractivity contribution in [3.63, 3.8) is 0 Å². The quantitative estimate of drug-likeness (QED) is 0.750. The summed E-state index contributed by atoms with van der Waals surface area (Å²) in [5, 5.41) is 18.1. The molecule has 1 saturated heterocycles. The molecule has 1 aliphatic heterocycles. The topological polar surface area (TPSA) is 99.7 Å².